The summed E-state index contributed by atoms with van der Waals surface area (Å²) in [6, 6.07) is 20.2. The van der Waals surface area contributed by atoms with Crippen LogP contribution in [0.4, 0.5) is 0 Å². The summed E-state index contributed by atoms with van der Waals surface area (Å²) in [5.41, 5.74) is 5.49. The Labute approximate surface area is 189 Å². The molecule has 5 aromatic rings. The summed E-state index contributed by atoms with van der Waals surface area (Å²) in [6.45, 7) is 2.88. The van der Waals surface area contributed by atoms with Crippen LogP contribution in [0.1, 0.15) is 22.4 Å². The molecule has 0 N–H and O–H groups in total. The number of hydrogen-bond acceptors (Lipinski definition) is 6. The van der Waals surface area contributed by atoms with E-state index in [1.165, 1.54) is 22.0 Å². The number of fused-ring (bicyclic) bond motifs is 4. The molecule has 1 aliphatic rings. The first-order valence-corrected chi connectivity index (χ1v) is 10.8. The molecule has 0 spiro atoms. The van der Waals surface area contributed by atoms with Gasteiger partial charge in [0.2, 0.25) is 0 Å². The molecule has 3 aromatic heterocycles. The van der Waals surface area contributed by atoms with Gasteiger partial charge in [-0.05, 0) is 41.0 Å². The minimum absolute atomic E-state index is 0.260. The van der Waals surface area contributed by atoms with Gasteiger partial charge in [0.25, 0.3) is 0 Å². The number of pyridine rings is 1. The Balaban J connectivity index is 1.41. The van der Waals surface area contributed by atoms with Crippen molar-refractivity contribution in [3.05, 3.63) is 99.9 Å². The summed E-state index contributed by atoms with van der Waals surface area (Å²) in [4.78, 5) is 24.9. The summed E-state index contributed by atoms with van der Waals surface area (Å²) in [6.07, 6.45) is 1.41. The Bertz CT molecular complexity index is 1510. The van der Waals surface area contributed by atoms with Gasteiger partial charge in [-0.15, -0.1) is 0 Å². The fraction of sp³-hybridized carbons (Fsp3) is 0.200. The van der Waals surface area contributed by atoms with Gasteiger partial charge in [0.1, 0.15) is 17.7 Å². The van der Waals surface area contributed by atoms with Crippen LogP contribution in [-0.2, 0) is 26.2 Å². The highest BCUT2D eigenvalue weighted by Crippen LogP contribution is 2.24. The zero-order chi connectivity index (χ0) is 22.4. The average molecular weight is 438 g/mol. The third-order valence-electron chi connectivity index (χ3n) is 6.18. The third-order valence-corrected chi connectivity index (χ3v) is 6.18. The van der Waals surface area contributed by atoms with Crippen LogP contribution in [-0.4, -0.2) is 36.2 Å². The number of ether oxygens (including phenoxy) is 1. The predicted molar refractivity (Wildman–Crippen MR) is 124 cm³/mol. The lowest BCUT2D eigenvalue weighted by Crippen LogP contribution is -2.29. The van der Waals surface area contributed by atoms with E-state index < -0.39 is 0 Å². The first-order valence-electron chi connectivity index (χ1n) is 10.8. The van der Waals surface area contributed by atoms with Crippen molar-refractivity contribution in [2.24, 2.45) is 0 Å². The van der Waals surface area contributed by atoms with Crippen LogP contribution < -0.4 is 10.4 Å². The maximum atomic E-state index is 13.3. The minimum Gasteiger partial charge on any atom is -0.497 e. The van der Waals surface area contributed by atoms with Crippen LogP contribution in [0.3, 0.4) is 0 Å². The highest BCUT2D eigenvalue weighted by atomic mass is 16.5. The van der Waals surface area contributed by atoms with Crippen LogP contribution in [0, 0.1) is 0 Å². The molecule has 6 rings (SSSR count). The molecule has 8 heteroatoms. The zero-order valence-corrected chi connectivity index (χ0v) is 18.2. The van der Waals surface area contributed by atoms with Crippen molar-refractivity contribution in [3.63, 3.8) is 0 Å². The molecule has 2 aromatic carbocycles. The lowest BCUT2D eigenvalue weighted by molar-refractivity contribution is 0.272. The molecule has 0 aliphatic carbocycles. The van der Waals surface area contributed by atoms with Gasteiger partial charge in [-0.3, -0.25) is 9.47 Å². The van der Waals surface area contributed by atoms with Gasteiger partial charge in [0.05, 0.1) is 24.7 Å². The molecule has 0 unspecified atom stereocenters. The normalized spacial score (nSPS) is 13.6. The molecule has 164 valence electrons. The Hall–Kier alpha value is -4.04. The van der Waals surface area contributed by atoms with Crippen molar-refractivity contribution in [3.8, 4) is 5.75 Å². The molecule has 0 bridgehead atoms. The molecule has 0 radical (unpaired) electrons. The Morgan fingerprint density at radius 2 is 1.67 bits per heavy atom. The van der Waals surface area contributed by atoms with E-state index in [1.807, 2.05) is 36.4 Å². The second kappa shape index (κ2) is 7.83. The van der Waals surface area contributed by atoms with Crippen molar-refractivity contribution < 1.29 is 4.74 Å². The van der Waals surface area contributed by atoms with E-state index in [0.29, 0.717) is 24.4 Å². The van der Waals surface area contributed by atoms with Gasteiger partial charge in [-0.25, -0.2) is 14.8 Å². The lowest BCUT2D eigenvalue weighted by atomic mass is 10.1. The Morgan fingerprint density at radius 1 is 0.909 bits per heavy atom. The van der Waals surface area contributed by atoms with E-state index in [1.54, 1.807) is 11.7 Å². The van der Waals surface area contributed by atoms with Crippen molar-refractivity contribution in [1.29, 1.82) is 0 Å². The SMILES string of the molecule is COc1ccc(Cn2c(=O)n3ncnc3c3ccc(CN4Cc5ccccc5C4)nc32)cc1. The fourth-order valence-electron chi connectivity index (χ4n) is 4.53. The summed E-state index contributed by atoms with van der Waals surface area (Å²) >= 11 is 0. The summed E-state index contributed by atoms with van der Waals surface area (Å²) < 4.78 is 8.26. The van der Waals surface area contributed by atoms with Crippen LogP contribution in [0.2, 0.25) is 0 Å². The van der Waals surface area contributed by atoms with E-state index in [-0.39, 0.29) is 5.69 Å². The summed E-state index contributed by atoms with van der Waals surface area (Å²) in [5, 5.41) is 4.94. The van der Waals surface area contributed by atoms with Gasteiger partial charge < -0.3 is 4.74 Å². The van der Waals surface area contributed by atoms with Crippen LogP contribution in [0.15, 0.2) is 71.8 Å². The molecule has 33 heavy (non-hydrogen) atoms. The quantitative estimate of drug-likeness (QED) is 0.420. The highest BCUT2D eigenvalue weighted by molar-refractivity contribution is 5.88. The fourth-order valence-corrected chi connectivity index (χ4v) is 4.53. The molecule has 4 heterocycles. The van der Waals surface area contributed by atoms with Crippen LogP contribution in [0.25, 0.3) is 16.7 Å². The van der Waals surface area contributed by atoms with E-state index in [4.69, 9.17) is 9.72 Å². The molecule has 0 saturated heterocycles. The van der Waals surface area contributed by atoms with Crippen molar-refractivity contribution in [2.45, 2.75) is 26.2 Å². The highest BCUT2D eigenvalue weighted by Gasteiger charge is 2.20. The van der Waals surface area contributed by atoms with Gasteiger partial charge in [-0.2, -0.15) is 9.61 Å². The number of aromatic nitrogens is 5. The monoisotopic (exact) mass is 438 g/mol. The van der Waals surface area contributed by atoms with Gasteiger partial charge in [0.15, 0.2) is 5.65 Å². The minimum atomic E-state index is -0.260. The number of benzene rings is 2. The average Bonchev–Trinajstić information content (AvgIpc) is 3.49. The van der Waals surface area contributed by atoms with Gasteiger partial charge >= 0.3 is 5.69 Å². The molecule has 0 atom stereocenters. The number of hydrogen-bond donors (Lipinski definition) is 0. The van der Waals surface area contributed by atoms with Gasteiger partial charge in [-0.1, -0.05) is 36.4 Å². The molecular weight excluding hydrogens is 416 g/mol. The zero-order valence-electron chi connectivity index (χ0n) is 18.2. The van der Waals surface area contributed by atoms with Crippen LogP contribution >= 0.6 is 0 Å². The molecule has 0 fully saturated rings. The van der Waals surface area contributed by atoms with E-state index >= 15 is 0 Å². The lowest BCUT2D eigenvalue weighted by Gasteiger charge is -2.16. The molecule has 0 amide bonds. The van der Waals surface area contributed by atoms with E-state index in [2.05, 4.69) is 39.2 Å². The Morgan fingerprint density at radius 3 is 2.39 bits per heavy atom. The third kappa shape index (κ3) is 3.44. The number of rotatable bonds is 5. The topological polar surface area (TPSA) is 77.5 Å². The van der Waals surface area contributed by atoms with Crippen molar-refractivity contribution in [2.75, 3.05) is 7.11 Å². The van der Waals surface area contributed by atoms with E-state index in [9.17, 15) is 4.79 Å². The molecule has 1 aliphatic heterocycles. The smallest absolute Gasteiger partial charge is 0.352 e. The molecule has 0 saturated carbocycles. The molecule has 8 nitrogen and oxygen atoms in total. The number of nitrogens with zero attached hydrogens (tertiary/aromatic N) is 6. The second-order valence-corrected chi connectivity index (χ2v) is 8.30. The second-order valence-electron chi connectivity index (χ2n) is 8.30. The van der Waals surface area contributed by atoms with Gasteiger partial charge in [0, 0.05) is 19.6 Å². The predicted octanol–water partition coefficient (Wildman–Crippen LogP) is 3.01. The summed E-state index contributed by atoms with van der Waals surface area (Å²) in [5.74, 6) is 0.773. The standard InChI is InChI=1S/C25H22N6O2/c1-33-21-9-6-17(7-10-21)12-30-24-22(23-26-16-27-31(23)25(30)32)11-8-20(28-24)15-29-13-18-4-2-3-5-19(18)14-29/h2-11,16H,12-15H2,1H3. The van der Waals surface area contributed by atoms with Crippen molar-refractivity contribution >= 4 is 16.7 Å². The first kappa shape index (κ1) is 19.6. The first-order chi connectivity index (χ1) is 16.2. The molecular formula is C25H22N6O2. The summed E-state index contributed by atoms with van der Waals surface area (Å²) in [7, 11) is 1.63. The number of methoxy groups -OCH3 is 1. The Kier molecular flexibility index (Phi) is 4.66. The maximum Gasteiger partial charge on any atom is 0.352 e. The van der Waals surface area contributed by atoms with E-state index in [0.717, 1.165) is 35.5 Å². The largest absolute Gasteiger partial charge is 0.497 e. The maximum absolute atomic E-state index is 13.3. The van der Waals surface area contributed by atoms with Crippen molar-refractivity contribution in [1.82, 2.24) is 29.0 Å². The van der Waals surface area contributed by atoms with Crippen LogP contribution in [0.5, 0.6) is 5.75 Å².